The summed E-state index contributed by atoms with van der Waals surface area (Å²) in [6.07, 6.45) is 6.90. The van der Waals surface area contributed by atoms with Gasteiger partial charge in [0.1, 0.15) is 0 Å². The molecule has 3 heteroatoms. The van der Waals surface area contributed by atoms with Gasteiger partial charge < -0.3 is 9.88 Å². The number of aromatic nitrogens is 2. The van der Waals surface area contributed by atoms with Gasteiger partial charge in [-0.15, -0.1) is 0 Å². The minimum Gasteiger partial charge on any atom is -0.350 e. The van der Waals surface area contributed by atoms with Crippen molar-refractivity contribution in [1.82, 2.24) is 14.9 Å². The molecular formula is C14H19N3. The van der Waals surface area contributed by atoms with Crippen molar-refractivity contribution in [3.63, 3.8) is 0 Å². The van der Waals surface area contributed by atoms with Crippen LogP contribution in [0.15, 0.2) is 42.9 Å². The number of nitrogens with one attached hydrogen (secondary N) is 1. The normalized spacial score (nSPS) is 10.6. The summed E-state index contributed by atoms with van der Waals surface area (Å²) < 4.78 is 2.31. The van der Waals surface area contributed by atoms with Crippen LogP contribution in [0, 0.1) is 0 Å². The summed E-state index contributed by atoms with van der Waals surface area (Å²) >= 11 is 0. The van der Waals surface area contributed by atoms with Crippen LogP contribution in [0.2, 0.25) is 0 Å². The summed E-state index contributed by atoms with van der Waals surface area (Å²) in [7, 11) is 0. The van der Waals surface area contributed by atoms with Crippen LogP contribution in [0.3, 0.4) is 0 Å². The fraction of sp³-hybridized carbons (Fsp3) is 0.357. The summed E-state index contributed by atoms with van der Waals surface area (Å²) in [5.74, 6) is 0. The highest BCUT2D eigenvalue weighted by Crippen LogP contribution is 2.05. The lowest BCUT2D eigenvalue weighted by Gasteiger charge is -2.09. The number of hydrogen-bond acceptors (Lipinski definition) is 2. The number of nitrogens with zero attached hydrogens (tertiary/aromatic N) is 2. The largest absolute Gasteiger partial charge is 0.350 e. The molecule has 0 spiro atoms. The third kappa shape index (κ3) is 3.43. The van der Waals surface area contributed by atoms with Gasteiger partial charge in [-0.3, -0.25) is 4.98 Å². The zero-order valence-corrected chi connectivity index (χ0v) is 10.3. The van der Waals surface area contributed by atoms with Crippen LogP contribution in [0.5, 0.6) is 0 Å². The van der Waals surface area contributed by atoms with Crippen molar-refractivity contribution in [2.45, 2.75) is 26.4 Å². The number of hydrogen-bond donors (Lipinski definition) is 1. The van der Waals surface area contributed by atoms with Crippen LogP contribution in [0.1, 0.15) is 18.2 Å². The Morgan fingerprint density at radius 2 is 2.06 bits per heavy atom. The third-order valence-electron chi connectivity index (χ3n) is 2.87. The molecule has 0 atom stereocenters. The maximum absolute atomic E-state index is 4.03. The summed E-state index contributed by atoms with van der Waals surface area (Å²) in [6, 6.07) is 8.44. The lowest BCUT2D eigenvalue weighted by molar-refractivity contribution is 0.620. The van der Waals surface area contributed by atoms with Gasteiger partial charge in [0.15, 0.2) is 0 Å². The molecule has 0 bridgehead atoms. The average molecular weight is 229 g/mol. The van der Waals surface area contributed by atoms with Gasteiger partial charge in [-0.25, -0.2) is 0 Å². The van der Waals surface area contributed by atoms with E-state index in [1.54, 1.807) is 0 Å². The second-order valence-electron chi connectivity index (χ2n) is 4.08. The maximum atomic E-state index is 4.03. The van der Waals surface area contributed by atoms with Crippen LogP contribution >= 0.6 is 0 Å². The molecule has 0 aliphatic rings. The molecule has 0 aliphatic carbocycles. The molecule has 1 N–H and O–H groups in total. The van der Waals surface area contributed by atoms with Crippen molar-refractivity contribution in [3.05, 3.63) is 54.1 Å². The van der Waals surface area contributed by atoms with E-state index in [9.17, 15) is 0 Å². The minimum absolute atomic E-state index is 0.944. The van der Waals surface area contributed by atoms with Crippen LogP contribution in [0.4, 0.5) is 0 Å². The van der Waals surface area contributed by atoms with E-state index in [1.165, 1.54) is 11.3 Å². The van der Waals surface area contributed by atoms with Crippen molar-refractivity contribution in [3.8, 4) is 0 Å². The van der Waals surface area contributed by atoms with Crippen LogP contribution < -0.4 is 5.32 Å². The fourth-order valence-corrected chi connectivity index (χ4v) is 1.88. The van der Waals surface area contributed by atoms with Gasteiger partial charge in [0.25, 0.3) is 0 Å². The molecule has 2 rings (SSSR count). The van der Waals surface area contributed by atoms with Gasteiger partial charge in [-0.2, -0.15) is 0 Å². The molecule has 90 valence electrons. The van der Waals surface area contributed by atoms with E-state index in [0.717, 1.165) is 26.1 Å². The number of aryl methyl sites for hydroxylation is 2. The summed E-state index contributed by atoms with van der Waals surface area (Å²) in [6.45, 7) is 5.11. The molecule has 17 heavy (non-hydrogen) atoms. The standard InChI is InChI=1S/C14H19N3/c1-2-15-12-14-4-3-10-17(14)11-7-13-5-8-16-9-6-13/h3-6,8-10,15H,2,7,11-12H2,1H3. The molecule has 0 aromatic carbocycles. The van der Waals surface area contributed by atoms with E-state index in [1.807, 2.05) is 12.4 Å². The molecule has 0 saturated heterocycles. The summed E-state index contributed by atoms with van der Waals surface area (Å²) in [5.41, 5.74) is 2.68. The third-order valence-corrected chi connectivity index (χ3v) is 2.87. The highest BCUT2D eigenvalue weighted by atomic mass is 15.0. The second-order valence-corrected chi connectivity index (χ2v) is 4.08. The van der Waals surface area contributed by atoms with Gasteiger partial charge in [0, 0.05) is 37.4 Å². The predicted molar refractivity (Wildman–Crippen MR) is 69.8 cm³/mol. The Morgan fingerprint density at radius 3 is 2.82 bits per heavy atom. The van der Waals surface area contributed by atoms with Crippen molar-refractivity contribution in [2.24, 2.45) is 0 Å². The van der Waals surface area contributed by atoms with Gasteiger partial charge in [-0.05, 0) is 42.8 Å². The highest BCUT2D eigenvalue weighted by Gasteiger charge is 2.00. The topological polar surface area (TPSA) is 29.9 Å². The highest BCUT2D eigenvalue weighted by molar-refractivity contribution is 5.11. The molecule has 0 amide bonds. The average Bonchev–Trinajstić information content (AvgIpc) is 2.82. The molecule has 0 unspecified atom stereocenters. The quantitative estimate of drug-likeness (QED) is 0.823. The Morgan fingerprint density at radius 1 is 1.24 bits per heavy atom. The number of pyridine rings is 1. The van der Waals surface area contributed by atoms with E-state index >= 15 is 0 Å². The Bertz CT molecular complexity index is 434. The SMILES string of the molecule is CCNCc1cccn1CCc1ccncc1. The molecule has 0 saturated carbocycles. The lowest BCUT2D eigenvalue weighted by Crippen LogP contribution is -2.15. The summed E-state index contributed by atoms with van der Waals surface area (Å²) in [5, 5.41) is 3.36. The molecule has 0 radical (unpaired) electrons. The van der Waals surface area contributed by atoms with Gasteiger partial charge in [0.2, 0.25) is 0 Å². The van der Waals surface area contributed by atoms with E-state index in [2.05, 4.69) is 52.3 Å². The molecule has 2 heterocycles. The molecular weight excluding hydrogens is 210 g/mol. The van der Waals surface area contributed by atoms with Crippen molar-refractivity contribution in [1.29, 1.82) is 0 Å². The van der Waals surface area contributed by atoms with E-state index < -0.39 is 0 Å². The monoisotopic (exact) mass is 229 g/mol. The van der Waals surface area contributed by atoms with Crippen molar-refractivity contribution in [2.75, 3.05) is 6.54 Å². The zero-order chi connectivity index (χ0) is 11.9. The smallest absolute Gasteiger partial charge is 0.0359 e. The first-order valence-electron chi connectivity index (χ1n) is 6.14. The van der Waals surface area contributed by atoms with Crippen LogP contribution in [-0.4, -0.2) is 16.1 Å². The number of rotatable bonds is 6. The van der Waals surface area contributed by atoms with Crippen molar-refractivity contribution < 1.29 is 0 Å². The Kier molecular flexibility index (Phi) is 4.33. The van der Waals surface area contributed by atoms with E-state index in [-0.39, 0.29) is 0 Å². The first-order chi connectivity index (χ1) is 8.40. The van der Waals surface area contributed by atoms with Gasteiger partial charge >= 0.3 is 0 Å². The Balaban J connectivity index is 1.92. The van der Waals surface area contributed by atoms with Crippen LogP contribution in [-0.2, 0) is 19.5 Å². The summed E-state index contributed by atoms with van der Waals surface area (Å²) in [4.78, 5) is 4.03. The fourth-order valence-electron chi connectivity index (χ4n) is 1.88. The molecule has 0 aliphatic heterocycles. The zero-order valence-electron chi connectivity index (χ0n) is 10.3. The molecule has 2 aromatic heterocycles. The Labute approximate surface area is 103 Å². The molecule has 2 aromatic rings. The first kappa shape index (κ1) is 11.9. The predicted octanol–water partition coefficient (Wildman–Crippen LogP) is 2.24. The van der Waals surface area contributed by atoms with Crippen molar-refractivity contribution >= 4 is 0 Å². The van der Waals surface area contributed by atoms with Gasteiger partial charge in [-0.1, -0.05) is 6.92 Å². The van der Waals surface area contributed by atoms with E-state index in [4.69, 9.17) is 0 Å². The maximum Gasteiger partial charge on any atom is 0.0359 e. The first-order valence-corrected chi connectivity index (χ1v) is 6.14. The lowest BCUT2D eigenvalue weighted by atomic mass is 10.2. The van der Waals surface area contributed by atoms with E-state index in [0.29, 0.717) is 0 Å². The molecule has 0 fully saturated rings. The second kappa shape index (κ2) is 6.21. The minimum atomic E-state index is 0.944. The van der Waals surface area contributed by atoms with Gasteiger partial charge in [0.05, 0.1) is 0 Å². The Hall–Kier alpha value is -1.61. The van der Waals surface area contributed by atoms with Crippen LogP contribution in [0.25, 0.3) is 0 Å². The molecule has 3 nitrogen and oxygen atoms in total.